The number of ether oxygens (including phenoxy) is 1. The molecule has 0 bridgehead atoms. The van der Waals surface area contributed by atoms with E-state index in [0.717, 1.165) is 21.5 Å². The molecule has 116 valence electrons. The average Bonchev–Trinajstić information content (AvgIpc) is 3.06. The van der Waals surface area contributed by atoms with E-state index < -0.39 is 0 Å². The number of rotatable bonds is 5. The second-order valence-corrected chi connectivity index (χ2v) is 6.51. The number of hydrazone groups is 1. The van der Waals surface area contributed by atoms with Crippen LogP contribution < -0.4 is 10.2 Å². The molecule has 0 saturated heterocycles. The van der Waals surface area contributed by atoms with Gasteiger partial charge in [-0.25, -0.2) is 0 Å². The van der Waals surface area contributed by atoms with E-state index in [2.05, 4.69) is 20.5 Å². The first kappa shape index (κ1) is 15.3. The van der Waals surface area contributed by atoms with Crippen LogP contribution in [0.1, 0.15) is 5.56 Å². The summed E-state index contributed by atoms with van der Waals surface area (Å²) in [5.41, 5.74) is 5.89. The van der Waals surface area contributed by atoms with Crippen LogP contribution in [0, 0.1) is 0 Å². The van der Waals surface area contributed by atoms with E-state index in [9.17, 15) is 5.11 Å². The molecule has 0 radical (unpaired) electrons. The van der Waals surface area contributed by atoms with Crippen molar-refractivity contribution >= 4 is 25.4 Å². The van der Waals surface area contributed by atoms with Crippen LogP contribution in [0.3, 0.4) is 0 Å². The Balaban J connectivity index is 1.68. The fourth-order valence-electron chi connectivity index (χ4n) is 2.00. The van der Waals surface area contributed by atoms with Gasteiger partial charge in [0.05, 0.1) is 0 Å². The molecule has 3 rings (SSSR count). The molecule has 6 heteroatoms. The minimum atomic E-state index is 0.109. The van der Waals surface area contributed by atoms with E-state index in [0.29, 0.717) is 5.75 Å². The van der Waals surface area contributed by atoms with E-state index in [1.54, 1.807) is 24.4 Å². The summed E-state index contributed by atoms with van der Waals surface area (Å²) in [6, 6.07) is 15.1. The van der Waals surface area contributed by atoms with Crippen LogP contribution in [-0.2, 0) is 0 Å². The van der Waals surface area contributed by atoms with E-state index in [4.69, 9.17) is 4.74 Å². The molecule has 3 aromatic rings. The van der Waals surface area contributed by atoms with Crippen molar-refractivity contribution in [3.8, 4) is 22.8 Å². The van der Waals surface area contributed by atoms with E-state index in [1.165, 1.54) is 7.11 Å². The predicted molar refractivity (Wildman–Crippen MR) is 92.5 cm³/mol. The number of phenols is 1. The number of hydrogen-bond acceptors (Lipinski definition) is 5. The SMILES string of the molecule is COc1cc(C=NNc2nc(-c3ccccc3)c[se]2)ccc1O. The van der Waals surface area contributed by atoms with Gasteiger partial charge in [0.2, 0.25) is 0 Å². The summed E-state index contributed by atoms with van der Waals surface area (Å²) in [4.78, 5) is 6.68. The van der Waals surface area contributed by atoms with Crippen molar-refractivity contribution in [3.05, 3.63) is 59.0 Å². The molecule has 1 heterocycles. The monoisotopic (exact) mass is 373 g/mol. The molecule has 0 aliphatic carbocycles. The van der Waals surface area contributed by atoms with Gasteiger partial charge in [0.15, 0.2) is 0 Å². The number of methoxy groups -OCH3 is 1. The van der Waals surface area contributed by atoms with Crippen molar-refractivity contribution < 1.29 is 9.84 Å². The van der Waals surface area contributed by atoms with Crippen LogP contribution in [0.4, 0.5) is 4.69 Å². The molecule has 0 amide bonds. The van der Waals surface area contributed by atoms with Gasteiger partial charge in [0, 0.05) is 0 Å². The summed E-state index contributed by atoms with van der Waals surface area (Å²) in [5.74, 6) is 0.530. The van der Waals surface area contributed by atoms with Crippen LogP contribution in [0.2, 0.25) is 0 Å². The van der Waals surface area contributed by atoms with Crippen LogP contribution in [0.15, 0.2) is 58.6 Å². The quantitative estimate of drug-likeness (QED) is 0.411. The molecule has 0 unspecified atom stereocenters. The van der Waals surface area contributed by atoms with Gasteiger partial charge in [-0.15, -0.1) is 0 Å². The standard InChI is InChI=1S/C17H15N3O2Se/c1-22-16-9-12(7-8-15(16)21)10-18-20-17-19-14(11-23-17)13-5-3-2-4-6-13/h2-11,21H,1H3,(H,19,20). The van der Waals surface area contributed by atoms with E-state index in [-0.39, 0.29) is 20.3 Å². The molecule has 0 saturated carbocycles. The summed E-state index contributed by atoms with van der Waals surface area (Å²) in [6.45, 7) is 0. The van der Waals surface area contributed by atoms with Crippen molar-refractivity contribution in [2.75, 3.05) is 12.5 Å². The van der Waals surface area contributed by atoms with Crippen molar-refractivity contribution in [1.82, 2.24) is 4.98 Å². The van der Waals surface area contributed by atoms with Crippen LogP contribution in [-0.4, -0.2) is 37.9 Å². The van der Waals surface area contributed by atoms with Crippen LogP contribution in [0.25, 0.3) is 11.3 Å². The Bertz CT molecular complexity index is 816. The van der Waals surface area contributed by atoms with Gasteiger partial charge in [0.1, 0.15) is 0 Å². The number of benzene rings is 2. The Morgan fingerprint density at radius 1 is 1.22 bits per heavy atom. The van der Waals surface area contributed by atoms with Gasteiger partial charge >= 0.3 is 140 Å². The third kappa shape index (κ3) is 3.80. The van der Waals surface area contributed by atoms with Crippen LogP contribution >= 0.6 is 0 Å². The molecule has 2 N–H and O–H groups in total. The van der Waals surface area contributed by atoms with Gasteiger partial charge in [-0.3, -0.25) is 0 Å². The second-order valence-electron chi connectivity index (χ2n) is 4.71. The molecule has 23 heavy (non-hydrogen) atoms. The summed E-state index contributed by atoms with van der Waals surface area (Å²) in [6.07, 6.45) is 1.67. The van der Waals surface area contributed by atoms with Crippen molar-refractivity contribution in [2.24, 2.45) is 5.10 Å². The molecular weight excluding hydrogens is 357 g/mol. The first-order valence-electron chi connectivity index (χ1n) is 6.93. The Morgan fingerprint density at radius 3 is 2.83 bits per heavy atom. The van der Waals surface area contributed by atoms with E-state index in [1.807, 2.05) is 30.3 Å². The van der Waals surface area contributed by atoms with Gasteiger partial charge in [-0.05, 0) is 0 Å². The summed E-state index contributed by atoms with van der Waals surface area (Å²) in [7, 11) is 1.51. The molecule has 5 nitrogen and oxygen atoms in total. The zero-order chi connectivity index (χ0) is 16.1. The molecule has 1 aromatic heterocycles. The molecular formula is C17H15N3O2Se. The maximum atomic E-state index is 9.56. The van der Waals surface area contributed by atoms with Crippen LogP contribution in [0.5, 0.6) is 11.5 Å². The number of nitrogens with zero attached hydrogens (tertiary/aromatic N) is 2. The zero-order valence-corrected chi connectivity index (χ0v) is 14.1. The number of phenolic OH excluding ortho intramolecular Hbond substituents is 1. The fourth-order valence-corrected chi connectivity index (χ4v) is 3.41. The van der Waals surface area contributed by atoms with Crippen molar-refractivity contribution in [3.63, 3.8) is 0 Å². The number of aromatic nitrogens is 1. The third-order valence-electron chi connectivity index (χ3n) is 3.15. The Hall–Kier alpha value is -2.56. The number of hydrogen-bond donors (Lipinski definition) is 2. The van der Waals surface area contributed by atoms with Crippen molar-refractivity contribution in [2.45, 2.75) is 0 Å². The fraction of sp³-hybridized carbons (Fsp3) is 0.0588. The number of anilines is 1. The summed E-state index contributed by atoms with van der Waals surface area (Å²) < 4.78 is 5.93. The first-order valence-corrected chi connectivity index (χ1v) is 8.78. The molecule has 2 aromatic carbocycles. The maximum absolute atomic E-state index is 9.56. The Labute approximate surface area is 140 Å². The van der Waals surface area contributed by atoms with E-state index >= 15 is 0 Å². The second kappa shape index (κ2) is 7.13. The normalized spacial score (nSPS) is 10.8. The predicted octanol–water partition coefficient (Wildman–Crippen LogP) is 2.97. The number of nitrogens with one attached hydrogen (secondary N) is 1. The summed E-state index contributed by atoms with van der Waals surface area (Å²) in [5, 5.41) is 13.8. The summed E-state index contributed by atoms with van der Waals surface area (Å²) >= 11 is 0.148. The number of aromatic hydroxyl groups is 1. The molecule has 0 aliphatic rings. The zero-order valence-electron chi connectivity index (χ0n) is 12.4. The molecule has 0 atom stereocenters. The van der Waals surface area contributed by atoms with Crippen molar-refractivity contribution in [1.29, 1.82) is 0 Å². The van der Waals surface area contributed by atoms with Gasteiger partial charge in [-0.1, -0.05) is 0 Å². The Morgan fingerprint density at radius 2 is 2.04 bits per heavy atom. The first-order chi connectivity index (χ1) is 11.3. The average molecular weight is 372 g/mol. The minimum absolute atomic E-state index is 0.109. The van der Waals surface area contributed by atoms with Gasteiger partial charge in [-0.2, -0.15) is 0 Å². The molecule has 0 fully saturated rings. The molecule has 0 spiro atoms. The molecule has 0 aliphatic heterocycles. The Kier molecular flexibility index (Phi) is 4.76. The van der Waals surface area contributed by atoms with Gasteiger partial charge < -0.3 is 0 Å². The third-order valence-corrected chi connectivity index (χ3v) is 4.72. The topological polar surface area (TPSA) is 66.7 Å². The van der Waals surface area contributed by atoms with Gasteiger partial charge in [0.25, 0.3) is 0 Å².